The highest BCUT2D eigenvalue weighted by Gasteiger charge is 2.40. The summed E-state index contributed by atoms with van der Waals surface area (Å²) >= 11 is 0. The van der Waals surface area contributed by atoms with Gasteiger partial charge in [-0.25, -0.2) is 13.2 Å². The van der Waals surface area contributed by atoms with Gasteiger partial charge in [0, 0.05) is 12.1 Å². The van der Waals surface area contributed by atoms with E-state index in [4.69, 9.17) is 0 Å². The third kappa shape index (κ3) is 2.34. The highest BCUT2D eigenvalue weighted by molar-refractivity contribution is 6.28. The van der Waals surface area contributed by atoms with Crippen molar-refractivity contribution in [2.75, 3.05) is 22.1 Å². The van der Waals surface area contributed by atoms with E-state index in [1.54, 1.807) is 29.2 Å². The molecule has 0 spiro atoms. The van der Waals surface area contributed by atoms with Gasteiger partial charge in [0.25, 0.3) is 5.91 Å². The number of nitrogens with zero attached hydrogens (tertiary/aromatic N) is 1. The largest absolute Gasteiger partial charge is 0.339 e. The van der Waals surface area contributed by atoms with Crippen molar-refractivity contribution in [1.29, 1.82) is 0 Å². The molecule has 2 N–H and O–H groups in total. The van der Waals surface area contributed by atoms with E-state index in [0.717, 1.165) is 11.4 Å². The van der Waals surface area contributed by atoms with Crippen LogP contribution in [0.3, 0.4) is 0 Å². The van der Waals surface area contributed by atoms with Gasteiger partial charge in [-0.1, -0.05) is 12.1 Å². The van der Waals surface area contributed by atoms with Crippen molar-refractivity contribution in [3.8, 4) is 0 Å². The lowest BCUT2D eigenvalue weighted by Gasteiger charge is -2.11. The predicted octanol–water partition coefficient (Wildman–Crippen LogP) is 2.77. The second-order valence-electron chi connectivity index (χ2n) is 5.57. The minimum atomic E-state index is -1.26. The van der Waals surface area contributed by atoms with Crippen LogP contribution in [0.1, 0.15) is 0 Å². The number of anilines is 3. The van der Waals surface area contributed by atoms with Crippen LogP contribution in [0, 0.1) is 17.5 Å². The summed E-state index contributed by atoms with van der Waals surface area (Å²) in [6.45, 7) is -0.0590. The Kier molecular flexibility index (Phi) is 3.28. The van der Waals surface area contributed by atoms with Crippen LogP contribution in [0.25, 0.3) is 0 Å². The van der Waals surface area contributed by atoms with Gasteiger partial charge in [-0.15, -0.1) is 0 Å². The molecular weight excluding hydrogens is 335 g/mol. The summed E-state index contributed by atoms with van der Waals surface area (Å²) in [5.74, 6) is -4.83. The van der Waals surface area contributed by atoms with Gasteiger partial charge in [0.1, 0.15) is 22.9 Å². The summed E-state index contributed by atoms with van der Waals surface area (Å²) in [6, 6.07) is 8.03. The quantitative estimate of drug-likeness (QED) is 0.822. The van der Waals surface area contributed by atoms with Gasteiger partial charge in [-0.2, -0.15) is 0 Å². The first-order valence-electron chi connectivity index (χ1n) is 7.32. The standard InChI is InChI=1S/C17H10F3N3O2/c18-8-5-9(19)15(10(20)6-8)22-17(25)14-13(24)7-23-12-4-2-1-3-11(12)21-16(14)23/h1-6,21H,7H2,(H,22,25). The SMILES string of the molecule is O=C1CN2C(=C1C(=O)Nc1c(F)cc(F)cc1F)Nc1ccccc12. The van der Waals surface area contributed by atoms with Crippen LogP contribution in [-0.4, -0.2) is 18.2 Å². The number of hydrogen-bond donors (Lipinski definition) is 2. The molecule has 1 amide bonds. The zero-order valence-corrected chi connectivity index (χ0v) is 12.6. The Morgan fingerprint density at radius 2 is 1.80 bits per heavy atom. The molecule has 0 fully saturated rings. The average Bonchev–Trinajstić information content (AvgIpc) is 3.05. The molecule has 2 aromatic rings. The van der Waals surface area contributed by atoms with Crippen LogP contribution in [0.4, 0.5) is 30.2 Å². The number of carbonyl (C=O) groups is 2. The lowest BCUT2D eigenvalue weighted by Crippen LogP contribution is -2.22. The fourth-order valence-electron chi connectivity index (χ4n) is 2.92. The van der Waals surface area contributed by atoms with Crippen molar-refractivity contribution in [3.63, 3.8) is 0 Å². The maximum Gasteiger partial charge on any atom is 0.263 e. The third-order valence-electron chi connectivity index (χ3n) is 4.01. The number of ketones is 1. The molecule has 25 heavy (non-hydrogen) atoms. The summed E-state index contributed by atoms with van der Waals surface area (Å²) in [7, 11) is 0. The molecule has 0 aromatic heterocycles. The van der Waals surface area contributed by atoms with Crippen LogP contribution in [0.5, 0.6) is 0 Å². The number of carbonyl (C=O) groups excluding carboxylic acids is 2. The molecule has 2 heterocycles. The Morgan fingerprint density at radius 1 is 1.12 bits per heavy atom. The van der Waals surface area contributed by atoms with E-state index in [9.17, 15) is 22.8 Å². The van der Waals surface area contributed by atoms with Gasteiger partial charge in [0.15, 0.2) is 17.4 Å². The van der Waals surface area contributed by atoms with Crippen molar-refractivity contribution in [3.05, 3.63) is 65.2 Å². The first-order chi connectivity index (χ1) is 12.0. The number of benzene rings is 2. The molecule has 2 aliphatic heterocycles. The molecule has 0 radical (unpaired) electrons. The van der Waals surface area contributed by atoms with Gasteiger partial charge in [0.05, 0.1) is 17.9 Å². The highest BCUT2D eigenvalue weighted by atomic mass is 19.1. The number of nitrogens with one attached hydrogen (secondary N) is 2. The number of Topliss-reactive ketones (excluding diaryl/α,β-unsaturated/α-hetero) is 1. The summed E-state index contributed by atoms with van der Waals surface area (Å²) in [4.78, 5) is 26.2. The summed E-state index contributed by atoms with van der Waals surface area (Å²) in [6.07, 6.45) is 0. The molecular formula is C17H10F3N3O2. The van der Waals surface area contributed by atoms with Crippen LogP contribution in [0.2, 0.25) is 0 Å². The van der Waals surface area contributed by atoms with Crippen LogP contribution in [0.15, 0.2) is 47.8 Å². The zero-order valence-electron chi connectivity index (χ0n) is 12.6. The third-order valence-corrected chi connectivity index (χ3v) is 4.01. The molecule has 4 rings (SSSR count). The summed E-state index contributed by atoms with van der Waals surface area (Å²) < 4.78 is 40.4. The van der Waals surface area contributed by atoms with Crippen LogP contribution < -0.4 is 15.5 Å². The van der Waals surface area contributed by atoms with Gasteiger partial charge >= 0.3 is 0 Å². The fourth-order valence-corrected chi connectivity index (χ4v) is 2.92. The fraction of sp³-hybridized carbons (Fsp3) is 0.0588. The molecule has 8 heteroatoms. The molecule has 0 bridgehead atoms. The Labute approximate surface area is 139 Å². The zero-order chi connectivity index (χ0) is 17.7. The summed E-state index contributed by atoms with van der Waals surface area (Å²) in [5.41, 5.74) is 0.405. The van der Waals surface area contributed by atoms with Crippen molar-refractivity contribution >= 4 is 28.8 Å². The van der Waals surface area contributed by atoms with Crippen LogP contribution in [-0.2, 0) is 9.59 Å². The minimum absolute atomic E-state index is 0.0590. The van der Waals surface area contributed by atoms with E-state index >= 15 is 0 Å². The molecule has 126 valence electrons. The smallest absolute Gasteiger partial charge is 0.263 e. The molecule has 2 aromatic carbocycles. The summed E-state index contributed by atoms with van der Waals surface area (Å²) in [5, 5.41) is 4.97. The van der Waals surface area contributed by atoms with Crippen LogP contribution >= 0.6 is 0 Å². The number of amides is 1. The molecule has 0 aliphatic carbocycles. The maximum atomic E-state index is 13.7. The van der Waals surface area contributed by atoms with E-state index in [2.05, 4.69) is 5.32 Å². The Balaban J connectivity index is 1.70. The molecule has 0 unspecified atom stereocenters. The molecule has 5 nitrogen and oxygen atoms in total. The normalized spacial score (nSPS) is 15.2. The first-order valence-corrected chi connectivity index (χ1v) is 7.32. The lowest BCUT2D eigenvalue weighted by atomic mass is 10.1. The Morgan fingerprint density at radius 3 is 2.52 bits per heavy atom. The van der Waals surface area contributed by atoms with Gasteiger partial charge < -0.3 is 15.5 Å². The number of hydrogen-bond acceptors (Lipinski definition) is 4. The topological polar surface area (TPSA) is 61.4 Å². The van der Waals surface area contributed by atoms with Crippen molar-refractivity contribution in [2.45, 2.75) is 0 Å². The monoisotopic (exact) mass is 345 g/mol. The van der Waals surface area contributed by atoms with Crippen molar-refractivity contribution < 1.29 is 22.8 Å². The Bertz CT molecular complexity index is 948. The van der Waals surface area contributed by atoms with E-state index in [-0.39, 0.29) is 17.9 Å². The van der Waals surface area contributed by atoms with E-state index in [1.165, 1.54) is 0 Å². The predicted molar refractivity (Wildman–Crippen MR) is 84.4 cm³/mol. The number of rotatable bonds is 2. The second kappa shape index (κ2) is 5.37. The average molecular weight is 345 g/mol. The molecule has 0 saturated carbocycles. The van der Waals surface area contributed by atoms with E-state index < -0.39 is 34.8 Å². The first kappa shape index (κ1) is 15.3. The van der Waals surface area contributed by atoms with Gasteiger partial charge in [-0.3, -0.25) is 9.59 Å². The maximum absolute atomic E-state index is 13.7. The molecule has 2 aliphatic rings. The van der Waals surface area contributed by atoms with Crippen molar-refractivity contribution in [1.82, 2.24) is 0 Å². The van der Waals surface area contributed by atoms with E-state index in [1.807, 2.05) is 5.32 Å². The lowest BCUT2D eigenvalue weighted by molar-refractivity contribution is -0.118. The number of fused-ring (bicyclic) bond motifs is 3. The van der Waals surface area contributed by atoms with E-state index in [0.29, 0.717) is 12.1 Å². The number of halogens is 3. The van der Waals surface area contributed by atoms with Gasteiger partial charge in [0.2, 0.25) is 0 Å². The molecule has 0 saturated heterocycles. The number of para-hydroxylation sites is 2. The Hall–Kier alpha value is -3.29. The highest BCUT2D eigenvalue weighted by Crippen LogP contribution is 2.40. The van der Waals surface area contributed by atoms with Crippen molar-refractivity contribution in [2.24, 2.45) is 0 Å². The minimum Gasteiger partial charge on any atom is -0.339 e. The second-order valence-corrected chi connectivity index (χ2v) is 5.57. The molecule has 0 atom stereocenters. The van der Waals surface area contributed by atoms with Gasteiger partial charge in [-0.05, 0) is 12.1 Å².